The molecule has 2 aromatic heterocycles. The van der Waals surface area contributed by atoms with Crippen molar-refractivity contribution in [2.24, 2.45) is 0 Å². The minimum absolute atomic E-state index is 0.00972. The highest BCUT2D eigenvalue weighted by atomic mass is 35.5. The van der Waals surface area contributed by atoms with Gasteiger partial charge < -0.3 is 4.57 Å². The van der Waals surface area contributed by atoms with Crippen LogP contribution in [-0.2, 0) is 6.54 Å². The SMILES string of the molecule is O=C(Cn1ccc2c(Cl)cc(Cl)cc21)c1ccc(Cl)s1. The second-order valence-electron chi connectivity index (χ2n) is 4.29. The molecule has 0 aliphatic rings. The molecule has 1 aromatic carbocycles. The Morgan fingerprint density at radius 1 is 1.15 bits per heavy atom. The number of thiophene rings is 1. The maximum Gasteiger partial charge on any atom is 0.192 e. The Bertz CT molecular complexity index is 806. The van der Waals surface area contributed by atoms with E-state index in [2.05, 4.69) is 0 Å². The van der Waals surface area contributed by atoms with E-state index < -0.39 is 0 Å². The quantitative estimate of drug-likeness (QED) is 0.571. The third-order valence-corrected chi connectivity index (χ3v) is 4.77. The van der Waals surface area contributed by atoms with Crippen molar-refractivity contribution >= 4 is 62.8 Å². The molecular formula is C14H8Cl3NOS. The van der Waals surface area contributed by atoms with Crippen LogP contribution in [0, 0.1) is 0 Å². The molecule has 0 amide bonds. The number of ketones is 1. The first-order chi connectivity index (χ1) is 9.54. The molecule has 0 N–H and O–H groups in total. The molecule has 0 bridgehead atoms. The molecule has 2 heterocycles. The number of halogens is 3. The zero-order chi connectivity index (χ0) is 14.3. The van der Waals surface area contributed by atoms with Crippen LogP contribution in [0.5, 0.6) is 0 Å². The summed E-state index contributed by atoms with van der Waals surface area (Å²) in [4.78, 5) is 12.8. The third kappa shape index (κ3) is 2.59. The van der Waals surface area contributed by atoms with Crippen molar-refractivity contribution in [2.45, 2.75) is 6.54 Å². The molecule has 20 heavy (non-hydrogen) atoms. The molecule has 0 saturated carbocycles. The summed E-state index contributed by atoms with van der Waals surface area (Å²) in [5.41, 5.74) is 0.846. The molecule has 0 saturated heterocycles. The highest BCUT2D eigenvalue weighted by molar-refractivity contribution is 7.18. The first-order valence-corrected chi connectivity index (χ1v) is 7.72. The lowest BCUT2D eigenvalue weighted by atomic mass is 10.2. The highest BCUT2D eigenvalue weighted by Crippen LogP contribution is 2.29. The van der Waals surface area contributed by atoms with E-state index in [1.807, 2.05) is 16.8 Å². The van der Waals surface area contributed by atoms with Gasteiger partial charge in [-0.25, -0.2) is 0 Å². The van der Waals surface area contributed by atoms with E-state index in [9.17, 15) is 4.79 Å². The van der Waals surface area contributed by atoms with Crippen LogP contribution >= 0.6 is 46.1 Å². The minimum Gasteiger partial charge on any atom is -0.340 e. The molecule has 0 spiro atoms. The number of carbonyl (C=O) groups is 1. The molecular weight excluding hydrogens is 337 g/mol. The number of Topliss-reactive ketones (excluding diaryl/α,β-unsaturated/α-hetero) is 1. The first-order valence-electron chi connectivity index (χ1n) is 5.77. The van der Waals surface area contributed by atoms with Crippen LogP contribution in [0.1, 0.15) is 9.67 Å². The summed E-state index contributed by atoms with van der Waals surface area (Å²) in [5.74, 6) is 0.00972. The summed E-state index contributed by atoms with van der Waals surface area (Å²) in [5, 5.41) is 2.01. The Balaban J connectivity index is 1.97. The molecule has 0 aliphatic heterocycles. The minimum atomic E-state index is 0.00972. The Labute approximate surface area is 134 Å². The average Bonchev–Trinajstić information content (AvgIpc) is 2.97. The zero-order valence-electron chi connectivity index (χ0n) is 10.1. The monoisotopic (exact) mass is 343 g/mol. The lowest BCUT2D eigenvalue weighted by Crippen LogP contribution is -2.07. The zero-order valence-corrected chi connectivity index (χ0v) is 13.2. The van der Waals surface area contributed by atoms with Crippen molar-refractivity contribution in [1.82, 2.24) is 4.57 Å². The van der Waals surface area contributed by atoms with E-state index in [1.165, 1.54) is 11.3 Å². The van der Waals surface area contributed by atoms with Gasteiger partial charge in [-0.1, -0.05) is 34.8 Å². The van der Waals surface area contributed by atoms with E-state index in [1.54, 1.807) is 24.3 Å². The first kappa shape index (κ1) is 14.0. The average molecular weight is 345 g/mol. The maximum atomic E-state index is 12.2. The van der Waals surface area contributed by atoms with Gasteiger partial charge in [0.25, 0.3) is 0 Å². The molecule has 0 radical (unpaired) electrons. The highest BCUT2D eigenvalue weighted by Gasteiger charge is 2.12. The summed E-state index contributed by atoms with van der Waals surface area (Å²) in [7, 11) is 0. The van der Waals surface area contributed by atoms with Crippen LogP contribution in [0.25, 0.3) is 10.9 Å². The van der Waals surface area contributed by atoms with Crippen molar-refractivity contribution in [3.05, 3.63) is 55.8 Å². The summed E-state index contributed by atoms with van der Waals surface area (Å²) in [6.45, 7) is 0.233. The second kappa shape index (κ2) is 5.41. The molecule has 0 atom stereocenters. The number of hydrogen-bond donors (Lipinski definition) is 0. The Morgan fingerprint density at radius 3 is 2.65 bits per heavy atom. The van der Waals surface area contributed by atoms with Crippen LogP contribution in [0.4, 0.5) is 0 Å². The molecule has 0 fully saturated rings. The maximum absolute atomic E-state index is 12.2. The smallest absolute Gasteiger partial charge is 0.192 e. The Morgan fingerprint density at radius 2 is 1.95 bits per heavy atom. The Kier molecular flexibility index (Phi) is 3.78. The summed E-state index contributed by atoms with van der Waals surface area (Å²) >= 11 is 19.3. The largest absolute Gasteiger partial charge is 0.340 e. The fourth-order valence-corrected chi connectivity index (χ4v) is 3.57. The topological polar surface area (TPSA) is 22.0 Å². The van der Waals surface area contributed by atoms with Crippen LogP contribution in [0.15, 0.2) is 36.5 Å². The van der Waals surface area contributed by atoms with Crippen LogP contribution in [0.2, 0.25) is 14.4 Å². The number of rotatable bonds is 3. The van der Waals surface area contributed by atoms with Crippen molar-refractivity contribution < 1.29 is 4.79 Å². The molecule has 0 unspecified atom stereocenters. The number of benzene rings is 1. The van der Waals surface area contributed by atoms with Crippen molar-refractivity contribution in [1.29, 1.82) is 0 Å². The number of fused-ring (bicyclic) bond motifs is 1. The van der Waals surface area contributed by atoms with Crippen LogP contribution in [0.3, 0.4) is 0 Å². The fourth-order valence-electron chi connectivity index (χ4n) is 2.05. The molecule has 2 nitrogen and oxygen atoms in total. The molecule has 102 valence electrons. The van der Waals surface area contributed by atoms with Crippen molar-refractivity contribution in [3.8, 4) is 0 Å². The normalized spacial score (nSPS) is 11.2. The van der Waals surface area contributed by atoms with Gasteiger partial charge in [0.05, 0.1) is 26.3 Å². The van der Waals surface area contributed by atoms with E-state index in [0.717, 1.165) is 10.9 Å². The van der Waals surface area contributed by atoms with E-state index in [4.69, 9.17) is 34.8 Å². The standard InChI is InChI=1S/C14H8Cl3NOS/c15-8-5-10(16)9-3-4-18(11(9)6-8)7-12(19)13-1-2-14(17)20-13/h1-6H,7H2. The van der Waals surface area contributed by atoms with Gasteiger partial charge in [0.2, 0.25) is 0 Å². The summed E-state index contributed by atoms with van der Waals surface area (Å²) < 4.78 is 2.44. The van der Waals surface area contributed by atoms with E-state index in [0.29, 0.717) is 19.3 Å². The van der Waals surface area contributed by atoms with Gasteiger partial charge in [0.1, 0.15) is 0 Å². The van der Waals surface area contributed by atoms with Gasteiger partial charge in [-0.15, -0.1) is 11.3 Å². The predicted octanol–water partition coefficient (Wildman–Crippen LogP) is 5.55. The molecule has 6 heteroatoms. The van der Waals surface area contributed by atoms with Crippen LogP contribution in [-0.4, -0.2) is 10.4 Å². The lowest BCUT2D eigenvalue weighted by Gasteiger charge is -2.04. The Hall–Kier alpha value is -1.000. The van der Waals surface area contributed by atoms with Crippen molar-refractivity contribution in [2.75, 3.05) is 0 Å². The molecule has 3 aromatic rings. The summed E-state index contributed by atoms with van der Waals surface area (Å²) in [6.07, 6.45) is 1.83. The van der Waals surface area contributed by atoms with E-state index in [-0.39, 0.29) is 12.3 Å². The van der Waals surface area contributed by atoms with Gasteiger partial charge in [0.15, 0.2) is 5.78 Å². The number of nitrogens with zero attached hydrogens (tertiary/aromatic N) is 1. The van der Waals surface area contributed by atoms with Gasteiger partial charge in [-0.3, -0.25) is 4.79 Å². The number of carbonyl (C=O) groups excluding carboxylic acids is 1. The number of aromatic nitrogens is 1. The van der Waals surface area contributed by atoms with Gasteiger partial charge in [-0.2, -0.15) is 0 Å². The predicted molar refractivity (Wildman–Crippen MR) is 85.6 cm³/mol. The van der Waals surface area contributed by atoms with Gasteiger partial charge in [-0.05, 0) is 30.3 Å². The second-order valence-corrected chi connectivity index (χ2v) is 6.85. The molecule has 3 rings (SSSR count). The fraction of sp³-hybridized carbons (Fsp3) is 0.0714. The summed E-state index contributed by atoms with van der Waals surface area (Å²) in [6, 6.07) is 8.83. The molecule has 0 aliphatic carbocycles. The lowest BCUT2D eigenvalue weighted by molar-refractivity contribution is 0.0977. The van der Waals surface area contributed by atoms with E-state index >= 15 is 0 Å². The van der Waals surface area contributed by atoms with Gasteiger partial charge >= 0.3 is 0 Å². The van der Waals surface area contributed by atoms with Gasteiger partial charge in [0, 0.05) is 16.6 Å². The third-order valence-electron chi connectivity index (χ3n) is 2.97. The van der Waals surface area contributed by atoms with Crippen molar-refractivity contribution in [3.63, 3.8) is 0 Å². The van der Waals surface area contributed by atoms with Crippen LogP contribution < -0.4 is 0 Å². The number of hydrogen-bond acceptors (Lipinski definition) is 2.